The number of hydrogen-bond acceptors (Lipinski definition) is 3. The van der Waals surface area contributed by atoms with Gasteiger partial charge in [-0.1, -0.05) is 42.8 Å². The molecule has 3 rings (SSSR count). The van der Waals surface area contributed by atoms with Crippen LogP contribution in [0.4, 0.5) is 0 Å². The fourth-order valence-electron chi connectivity index (χ4n) is 3.66. The quantitative estimate of drug-likeness (QED) is 0.900. The minimum atomic E-state index is -0.693. The number of rotatable bonds is 5. The van der Waals surface area contributed by atoms with Gasteiger partial charge in [-0.2, -0.15) is 0 Å². The standard InChI is InChI=1S/C21H26N2O2/c1-3-16-9-10-19(22-13-16)20(17-7-4-6-15(2)12-17)23-11-5-8-18(14-23)21(24)25/h4,6-7,9-10,12-13,18,20H,3,5,8,11,14H2,1-2H3,(H,24,25). The minimum Gasteiger partial charge on any atom is -0.481 e. The summed E-state index contributed by atoms with van der Waals surface area (Å²) >= 11 is 0. The van der Waals surface area contributed by atoms with Crippen LogP contribution in [0.3, 0.4) is 0 Å². The Morgan fingerprint density at radius 3 is 2.84 bits per heavy atom. The lowest BCUT2D eigenvalue weighted by Crippen LogP contribution is -2.41. The molecule has 0 saturated carbocycles. The second-order valence-electron chi connectivity index (χ2n) is 6.93. The highest BCUT2D eigenvalue weighted by Crippen LogP contribution is 2.32. The van der Waals surface area contributed by atoms with Crippen LogP contribution in [0.5, 0.6) is 0 Å². The third-order valence-corrected chi connectivity index (χ3v) is 5.06. The van der Waals surface area contributed by atoms with Crippen molar-refractivity contribution in [3.8, 4) is 0 Å². The monoisotopic (exact) mass is 338 g/mol. The molecule has 132 valence electrons. The Morgan fingerprint density at radius 2 is 2.20 bits per heavy atom. The van der Waals surface area contributed by atoms with Gasteiger partial charge in [-0.3, -0.25) is 14.7 Å². The summed E-state index contributed by atoms with van der Waals surface area (Å²) < 4.78 is 0. The van der Waals surface area contributed by atoms with Gasteiger partial charge in [-0.25, -0.2) is 0 Å². The number of carboxylic acids is 1. The van der Waals surface area contributed by atoms with E-state index in [-0.39, 0.29) is 12.0 Å². The summed E-state index contributed by atoms with van der Waals surface area (Å²) in [5.41, 5.74) is 4.60. The summed E-state index contributed by atoms with van der Waals surface area (Å²) in [6, 6.07) is 12.7. The molecule has 1 aromatic carbocycles. The zero-order valence-corrected chi connectivity index (χ0v) is 15.0. The van der Waals surface area contributed by atoms with Crippen LogP contribution in [0.2, 0.25) is 0 Å². The molecule has 1 N–H and O–H groups in total. The number of aromatic nitrogens is 1. The summed E-state index contributed by atoms with van der Waals surface area (Å²) in [6.07, 6.45) is 4.57. The van der Waals surface area contributed by atoms with E-state index in [9.17, 15) is 9.90 Å². The molecule has 2 atom stereocenters. The van der Waals surface area contributed by atoms with E-state index in [1.54, 1.807) is 0 Å². The van der Waals surface area contributed by atoms with Crippen LogP contribution in [0.25, 0.3) is 0 Å². The number of likely N-dealkylation sites (tertiary alicyclic amines) is 1. The highest BCUT2D eigenvalue weighted by atomic mass is 16.4. The van der Waals surface area contributed by atoms with Crippen LogP contribution in [0.1, 0.15) is 48.2 Å². The molecule has 2 aromatic rings. The van der Waals surface area contributed by atoms with E-state index in [0.29, 0.717) is 6.54 Å². The second kappa shape index (κ2) is 7.79. The molecule has 1 aromatic heterocycles. The van der Waals surface area contributed by atoms with Crippen molar-refractivity contribution in [1.29, 1.82) is 0 Å². The fraction of sp³-hybridized carbons (Fsp3) is 0.429. The van der Waals surface area contributed by atoms with Crippen molar-refractivity contribution < 1.29 is 9.90 Å². The molecule has 25 heavy (non-hydrogen) atoms. The number of carbonyl (C=O) groups is 1. The highest BCUT2D eigenvalue weighted by molar-refractivity contribution is 5.70. The normalized spacial score (nSPS) is 19.5. The van der Waals surface area contributed by atoms with Gasteiger partial charge in [0.05, 0.1) is 17.7 Å². The molecule has 4 heteroatoms. The average Bonchev–Trinajstić information content (AvgIpc) is 2.63. The maximum absolute atomic E-state index is 11.5. The van der Waals surface area contributed by atoms with Gasteiger partial charge in [0.2, 0.25) is 0 Å². The van der Waals surface area contributed by atoms with Crippen LogP contribution in [-0.2, 0) is 11.2 Å². The molecule has 0 radical (unpaired) electrons. The summed E-state index contributed by atoms with van der Waals surface area (Å²) in [5.74, 6) is -0.988. The van der Waals surface area contributed by atoms with Crippen molar-refractivity contribution in [3.05, 3.63) is 65.0 Å². The van der Waals surface area contributed by atoms with Crippen molar-refractivity contribution in [1.82, 2.24) is 9.88 Å². The first kappa shape index (κ1) is 17.6. The maximum atomic E-state index is 11.5. The molecule has 0 spiro atoms. The van der Waals surface area contributed by atoms with E-state index in [2.05, 4.69) is 55.1 Å². The molecule has 1 aliphatic heterocycles. The number of aliphatic carboxylic acids is 1. The lowest BCUT2D eigenvalue weighted by atomic mass is 9.92. The molecular formula is C21H26N2O2. The third-order valence-electron chi connectivity index (χ3n) is 5.06. The number of hydrogen-bond donors (Lipinski definition) is 1. The first-order valence-electron chi connectivity index (χ1n) is 9.06. The number of benzene rings is 1. The number of aryl methyl sites for hydroxylation is 2. The predicted octanol–water partition coefficient (Wildman–Crippen LogP) is 3.84. The average molecular weight is 338 g/mol. The largest absolute Gasteiger partial charge is 0.481 e. The van der Waals surface area contributed by atoms with E-state index in [4.69, 9.17) is 4.98 Å². The smallest absolute Gasteiger partial charge is 0.307 e. The van der Waals surface area contributed by atoms with Crippen LogP contribution < -0.4 is 0 Å². The van der Waals surface area contributed by atoms with Crippen LogP contribution >= 0.6 is 0 Å². The van der Waals surface area contributed by atoms with Crippen molar-refractivity contribution in [2.45, 2.75) is 39.2 Å². The summed E-state index contributed by atoms with van der Waals surface area (Å²) in [4.78, 5) is 18.5. The van der Waals surface area contributed by atoms with Gasteiger partial charge in [-0.15, -0.1) is 0 Å². The topological polar surface area (TPSA) is 53.4 Å². The fourth-order valence-corrected chi connectivity index (χ4v) is 3.66. The number of carboxylic acid groups (broad SMARTS) is 1. The Bertz CT molecular complexity index is 727. The molecule has 4 nitrogen and oxygen atoms in total. The van der Waals surface area contributed by atoms with Crippen LogP contribution in [0, 0.1) is 12.8 Å². The van der Waals surface area contributed by atoms with Crippen molar-refractivity contribution in [3.63, 3.8) is 0 Å². The number of nitrogens with zero attached hydrogens (tertiary/aromatic N) is 2. The molecule has 1 saturated heterocycles. The molecule has 2 unspecified atom stereocenters. The predicted molar refractivity (Wildman–Crippen MR) is 98.6 cm³/mol. The van der Waals surface area contributed by atoms with Gasteiger partial charge >= 0.3 is 5.97 Å². The first-order valence-corrected chi connectivity index (χ1v) is 9.06. The molecule has 0 amide bonds. The van der Waals surface area contributed by atoms with Crippen LogP contribution in [0.15, 0.2) is 42.6 Å². The molecule has 2 heterocycles. The number of piperidine rings is 1. The lowest BCUT2D eigenvalue weighted by molar-refractivity contribution is -0.143. The summed E-state index contributed by atoms with van der Waals surface area (Å²) in [6.45, 7) is 5.69. The molecule has 0 aliphatic carbocycles. The van der Waals surface area contributed by atoms with Crippen molar-refractivity contribution in [2.75, 3.05) is 13.1 Å². The Morgan fingerprint density at radius 1 is 1.36 bits per heavy atom. The third kappa shape index (κ3) is 4.07. The van der Waals surface area contributed by atoms with Crippen molar-refractivity contribution >= 4 is 5.97 Å². The Balaban J connectivity index is 1.97. The van der Waals surface area contributed by atoms with E-state index in [0.717, 1.165) is 31.5 Å². The summed E-state index contributed by atoms with van der Waals surface area (Å²) in [7, 11) is 0. The maximum Gasteiger partial charge on any atom is 0.307 e. The molecular weight excluding hydrogens is 312 g/mol. The van der Waals surface area contributed by atoms with E-state index >= 15 is 0 Å². The van der Waals surface area contributed by atoms with Gasteiger partial charge in [0, 0.05) is 12.7 Å². The zero-order chi connectivity index (χ0) is 17.8. The van der Waals surface area contributed by atoms with Gasteiger partial charge < -0.3 is 5.11 Å². The van der Waals surface area contributed by atoms with Gasteiger partial charge in [0.25, 0.3) is 0 Å². The molecule has 0 bridgehead atoms. The van der Waals surface area contributed by atoms with E-state index in [1.807, 2.05) is 6.20 Å². The van der Waals surface area contributed by atoms with E-state index in [1.165, 1.54) is 16.7 Å². The first-order chi connectivity index (χ1) is 12.1. The SMILES string of the molecule is CCc1ccc(C(c2cccc(C)c2)N2CCCC(C(=O)O)C2)nc1. The van der Waals surface area contributed by atoms with E-state index < -0.39 is 5.97 Å². The molecule has 1 fully saturated rings. The zero-order valence-electron chi connectivity index (χ0n) is 15.0. The van der Waals surface area contributed by atoms with Gasteiger partial charge in [-0.05, 0) is 49.9 Å². The molecule has 1 aliphatic rings. The van der Waals surface area contributed by atoms with Gasteiger partial charge in [0.1, 0.15) is 0 Å². The lowest BCUT2D eigenvalue weighted by Gasteiger charge is -2.37. The Hall–Kier alpha value is -2.20. The van der Waals surface area contributed by atoms with Gasteiger partial charge in [0.15, 0.2) is 0 Å². The second-order valence-corrected chi connectivity index (χ2v) is 6.93. The van der Waals surface area contributed by atoms with Crippen LogP contribution in [-0.4, -0.2) is 34.0 Å². The minimum absolute atomic E-state index is 0.00737. The highest BCUT2D eigenvalue weighted by Gasteiger charge is 2.31. The Kier molecular flexibility index (Phi) is 5.49. The van der Waals surface area contributed by atoms with Crippen molar-refractivity contribution in [2.24, 2.45) is 5.92 Å². The Labute approximate surface area is 149 Å². The number of pyridine rings is 1. The summed E-state index contributed by atoms with van der Waals surface area (Å²) in [5, 5.41) is 9.45.